The van der Waals surface area contributed by atoms with E-state index in [2.05, 4.69) is 49.4 Å². The van der Waals surface area contributed by atoms with Gasteiger partial charge in [-0.2, -0.15) is 0 Å². The Balaban J connectivity index is 1.42. The number of carbonyl (C=O) groups excluding carboxylic acids is 1. The molecule has 0 radical (unpaired) electrons. The number of benzene rings is 1. The van der Waals surface area contributed by atoms with E-state index in [9.17, 15) is 4.79 Å². The molecule has 5 heteroatoms. The van der Waals surface area contributed by atoms with Crippen molar-refractivity contribution < 1.29 is 4.79 Å². The molecule has 0 spiro atoms. The normalized spacial score (nSPS) is 20.9. The van der Waals surface area contributed by atoms with Gasteiger partial charge >= 0.3 is 0 Å². The molecule has 1 aliphatic heterocycles. The first-order valence-electron chi connectivity index (χ1n) is 9.23. The molecule has 2 aliphatic rings. The van der Waals surface area contributed by atoms with Crippen LogP contribution in [-0.4, -0.2) is 38.9 Å². The third-order valence-corrected chi connectivity index (χ3v) is 5.35. The summed E-state index contributed by atoms with van der Waals surface area (Å²) in [6.45, 7) is 8.05. The number of hydrogen-bond donors (Lipinski definition) is 0. The molecule has 1 unspecified atom stereocenters. The summed E-state index contributed by atoms with van der Waals surface area (Å²) in [6.07, 6.45) is 5.49. The molecule has 25 heavy (non-hydrogen) atoms. The summed E-state index contributed by atoms with van der Waals surface area (Å²) in [6, 6.07) is 8.30. The van der Waals surface area contributed by atoms with Crippen molar-refractivity contribution in [2.24, 2.45) is 0 Å². The van der Waals surface area contributed by atoms with Gasteiger partial charge in [0.2, 0.25) is 0 Å². The monoisotopic (exact) mass is 338 g/mol. The summed E-state index contributed by atoms with van der Waals surface area (Å²) >= 11 is 0. The van der Waals surface area contributed by atoms with Crippen LogP contribution < -0.4 is 0 Å². The molecule has 1 aromatic heterocycles. The molecule has 5 nitrogen and oxygen atoms in total. The zero-order valence-electron chi connectivity index (χ0n) is 15.3. The van der Waals surface area contributed by atoms with Crippen LogP contribution in [-0.2, 0) is 5.41 Å². The van der Waals surface area contributed by atoms with Crippen LogP contribution in [0.1, 0.15) is 73.6 Å². The van der Waals surface area contributed by atoms with E-state index in [1.807, 2.05) is 21.7 Å². The molecule has 1 aliphatic carbocycles. The summed E-state index contributed by atoms with van der Waals surface area (Å²) in [4.78, 5) is 14.7. The van der Waals surface area contributed by atoms with Crippen molar-refractivity contribution >= 4 is 5.91 Å². The van der Waals surface area contributed by atoms with Crippen molar-refractivity contribution in [1.82, 2.24) is 19.9 Å². The van der Waals surface area contributed by atoms with Gasteiger partial charge in [-0.3, -0.25) is 4.79 Å². The molecule has 2 fully saturated rings. The summed E-state index contributed by atoms with van der Waals surface area (Å²) < 4.78 is 1.96. The van der Waals surface area contributed by atoms with Crippen LogP contribution in [0.25, 0.3) is 0 Å². The average molecular weight is 338 g/mol. The number of hydrogen-bond acceptors (Lipinski definition) is 3. The van der Waals surface area contributed by atoms with Gasteiger partial charge in [-0.15, -0.1) is 5.10 Å². The minimum atomic E-state index is 0.104. The zero-order valence-corrected chi connectivity index (χ0v) is 15.3. The fourth-order valence-electron chi connectivity index (χ4n) is 3.47. The molecule has 1 atom stereocenters. The van der Waals surface area contributed by atoms with E-state index in [0.717, 1.165) is 24.2 Å². The van der Waals surface area contributed by atoms with Crippen LogP contribution >= 0.6 is 0 Å². The fraction of sp³-hybridized carbons (Fsp3) is 0.550. The lowest BCUT2D eigenvalue weighted by molar-refractivity contribution is 0.0787. The number of nitrogens with zero attached hydrogens (tertiary/aromatic N) is 4. The van der Waals surface area contributed by atoms with Crippen molar-refractivity contribution in [1.29, 1.82) is 0 Å². The van der Waals surface area contributed by atoms with E-state index in [1.165, 1.54) is 18.4 Å². The van der Waals surface area contributed by atoms with Crippen LogP contribution in [0.15, 0.2) is 30.5 Å². The average Bonchev–Trinajstić information content (AvgIpc) is 3.12. The molecular weight excluding hydrogens is 312 g/mol. The molecule has 132 valence electrons. The Morgan fingerprint density at radius 2 is 1.84 bits per heavy atom. The lowest BCUT2D eigenvalue weighted by Crippen LogP contribution is -2.29. The number of carbonyl (C=O) groups is 1. The molecule has 1 amide bonds. The van der Waals surface area contributed by atoms with Gasteiger partial charge in [-0.1, -0.05) is 38.1 Å². The summed E-state index contributed by atoms with van der Waals surface area (Å²) in [7, 11) is 0. The summed E-state index contributed by atoms with van der Waals surface area (Å²) in [5.74, 6) is 0.736. The SMILES string of the molecule is CC(C)(C)c1ccc(C(=O)N2CCC(n3cc(C4CC4)nn3)C2)cc1. The van der Waals surface area contributed by atoms with Crippen LogP contribution in [0.5, 0.6) is 0 Å². The Labute approximate surface area is 149 Å². The molecule has 0 bridgehead atoms. The molecule has 2 aromatic rings. The summed E-state index contributed by atoms with van der Waals surface area (Å²) in [5, 5.41) is 8.59. The van der Waals surface area contributed by atoms with Gasteiger partial charge < -0.3 is 4.90 Å². The number of amides is 1. The van der Waals surface area contributed by atoms with E-state index >= 15 is 0 Å². The number of aromatic nitrogens is 3. The molecule has 2 heterocycles. The van der Waals surface area contributed by atoms with Crippen LogP contribution in [0, 0.1) is 0 Å². The van der Waals surface area contributed by atoms with Gasteiger partial charge in [-0.25, -0.2) is 4.68 Å². The Kier molecular flexibility index (Phi) is 3.89. The van der Waals surface area contributed by atoms with Crippen molar-refractivity contribution in [2.75, 3.05) is 13.1 Å². The Bertz CT molecular complexity index is 768. The summed E-state index contributed by atoms with van der Waals surface area (Å²) in [5.41, 5.74) is 3.24. The Hall–Kier alpha value is -2.17. The first-order chi connectivity index (χ1) is 11.9. The zero-order chi connectivity index (χ0) is 17.6. The maximum absolute atomic E-state index is 12.8. The van der Waals surface area contributed by atoms with Gasteiger partial charge in [-0.05, 0) is 42.4 Å². The van der Waals surface area contributed by atoms with Gasteiger partial charge in [0.1, 0.15) is 0 Å². The number of likely N-dealkylation sites (tertiary alicyclic amines) is 1. The highest BCUT2D eigenvalue weighted by atomic mass is 16.2. The highest BCUT2D eigenvalue weighted by molar-refractivity contribution is 5.94. The van der Waals surface area contributed by atoms with E-state index < -0.39 is 0 Å². The number of rotatable bonds is 3. The minimum absolute atomic E-state index is 0.104. The van der Waals surface area contributed by atoms with Crippen LogP contribution in [0.4, 0.5) is 0 Å². The molecular formula is C20H26N4O. The second-order valence-corrected chi connectivity index (χ2v) is 8.42. The third kappa shape index (κ3) is 3.32. The van der Waals surface area contributed by atoms with Crippen LogP contribution in [0.2, 0.25) is 0 Å². The molecule has 1 saturated heterocycles. The largest absolute Gasteiger partial charge is 0.336 e. The highest BCUT2D eigenvalue weighted by Gasteiger charge is 2.31. The Morgan fingerprint density at radius 3 is 2.48 bits per heavy atom. The quantitative estimate of drug-likeness (QED) is 0.860. The lowest BCUT2D eigenvalue weighted by Gasteiger charge is -2.20. The first-order valence-corrected chi connectivity index (χ1v) is 9.23. The van der Waals surface area contributed by atoms with E-state index in [-0.39, 0.29) is 17.4 Å². The minimum Gasteiger partial charge on any atom is -0.336 e. The molecule has 1 aromatic carbocycles. The van der Waals surface area contributed by atoms with Gasteiger partial charge in [0.25, 0.3) is 5.91 Å². The maximum Gasteiger partial charge on any atom is 0.253 e. The predicted molar refractivity (Wildman–Crippen MR) is 96.7 cm³/mol. The van der Waals surface area contributed by atoms with Crippen molar-refractivity contribution in [3.63, 3.8) is 0 Å². The van der Waals surface area contributed by atoms with Gasteiger partial charge in [0.05, 0.1) is 11.7 Å². The van der Waals surface area contributed by atoms with E-state index in [0.29, 0.717) is 12.5 Å². The maximum atomic E-state index is 12.8. The lowest BCUT2D eigenvalue weighted by atomic mass is 9.86. The molecule has 1 saturated carbocycles. The second kappa shape index (κ2) is 5.97. The fourth-order valence-corrected chi connectivity index (χ4v) is 3.47. The Morgan fingerprint density at radius 1 is 1.12 bits per heavy atom. The van der Waals surface area contributed by atoms with Crippen molar-refractivity contribution in [3.8, 4) is 0 Å². The standard InChI is InChI=1S/C20H26N4O/c1-20(2,3)16-8-6-15(7-9-16)19(25)23-11-10-17(12-23)24-13-18(21-22-24)14-4-5-14/h6-9,13-14,17H,4-5,10-12H2,1-3H3. The second-order valence-electron chi connectivity index (χ2n) is 8.42. The van der Waals surface area contributed by atoms with E-state index in [1.54, 1.807) is 0 Å². The molecule has 4 rings (SSSR count). The molecule has 0 N–H and O–H groups in total. The van der Waals surface area contributed by atoms with Gasteiger partial charge in [0.15, 0.2) is 0 Å². The third-order valence-electron chi connectivity index (χ3n) is 5.35. The van der Waals surface area contributed by atoms with Crippen LogP contribution in [0.3, 0.4) is 0 Å². The van der Waals surface area contributed by atoms with Gasteiger partial charge in [0, 0.05) is 30.8 Å². The smallest absolute Gasteiger partial charge is 0.253 e. The highest BCUT2D eigenvalue weighted by Crippen LogP contribution is 2.39. The predicted octanol–water partition coefficient (Wildman–Crippen LogP) is 3.54. The van der Waals surface area contributed by atoms with E-state index in [4.69, 9.17) is 0 Å². The topological polar surface area (TPSA) is 51.0 Å². The van der Waals surface area contributed by atoms with Crippen molar-refractivity contribution in [2.45, 2.75) is 57.4 Å². The van der Waals surface area contributed by atoms with Crippen molar-refractivity contribution in [3.05, 3.63) is 47.3 Å². The first kappa shape index (κ1) is 16.3.